The zero-order chi connectivity index (χ0) is 14.7. The average Bonchev–Trinajstić information content (AvgIpc) is 2.77. The second kappa shape index (κ2) is 5.77. The predicted molar refractivity (Wildman–Crippen MR) is 76.0 cm³/mol. The van der Waals surface area contributed by atoms with Crippen LogP contribution in [0.1, 0.15) is 23.2 Å². The maximum Gasteiger partial charge on any atom is 0.303 e. The Kier molecular flexibility index (Phi) is 4.08. The molecule has 0 saturated carbocycles. The summed E-state index contributed by atoms with van der Waals surface area (Å²) in [6.07, 6.45) is 0.570. The van der Waals surface area contributed by atoms with Gasteiger partial charge < -0.3 is 9.84 Å². The second-order valence-corrected chi connectivity index (χ2v) is 4.75. The molecule has 0 atom stereocenters. The fourth-order valence-electron chi connectivity index (χ4n) is 2.25. The molecule has 0 aliphatic rings. The van der Waals surface area contributed by atoms with Gasteiger partial charge in [0.25, 0.3) is 0 Å². The molecular formula is C15H18N2O3. The van der Waals surface area contributed by atoms with Crippen LogP contribution in [0.15, 0.2) is 18.2 Å². The monoisotopic (exact) mass is 274 g/mol. The fourth-order valence-corrected chi connectivity index (χ4v) is 2.25. The molecule has 1 aromatic heterocycles. The molecule has 1 heterocycles. The van der Waals surface area contributed by atoms with E-state index in [0.29, 0.717) is 6.42 Å². The van der Waals surface area contributed by atoms with Gasteiger partial charge in [0.15, 0.2) is 0 Å². The van der Waals surface area contributed by atoms with Gasteiger partial charge in [0, 0.05) is 23.2 Å². The summed E-state index contributed by atoms with van der Waals surface area (Å²) >= 11 is 0. The van der Waals surface area contributed by atoms with Gasteiger partial charge in [-0.2, -0.15) is 5.10 Å². The third-order valence-corrected chi connectivity index (χ3v) is 3.33. The van der Waals surface area contributed by atoms with Gasteiger partial charge in [-0.05, 0) is 44.0 Å². The summed E-state index contributed by atoms with van der Waals surface area (Å²) in [7, 11) is 1.64. The highest BCUT2D eigenvalue weighted by molar-refractivity contribution is 5.70. The SMILES string of the molecule is COc1ccc(-c2n[nH]c(C)c2CCC(=O)O)cc1C. The first-order chi connectivity index (χ1) is 9.52. The number of carbonyl (C=O) groups is 1. The average molecular weight is 274 g/mol. The van der Waals surface area contributed by atoms with E-state index in [-0.39, 0.29) is 6.42 Å². The summed E-state index contributed by atoms with van der Waals surface area (Å²) < 4.78 is 5.24. The lowest BCUT2D eigenvalue weighted by atomic mass is 10.0. The quantitative estimate of drug-likeness (QED) is 0.879. The number of aliphatic carboxylic acids is 1. The van der Waals surface area contributed by atoms with E-state index in [2.05, 4.69) is 10.2 Å². The van der Waals surface area contributed by atoms with Crippen LogP contribution >= 0.6 is 0 Å². The first-order valence-corrected chi connectivity index (χ1v) is 6.43. The van der Waals surface area contributed by atoms with E-state index in [1.54, 1.807) is 7.11 Å². The Morgan fingerprint density at radius 2 is 2.15 bits per heavy atom. The van der Waals surface area contributed by atoms with Gasteiger partial charge in [-0.1, -0.05) is 0 Å². The van der Waals surface area contributed by atoms with E-state index in [0.717, 1.165) is 33.8 Å². The van der Waals surface area contributed by atoms with Crippen molar-refractivity contribution in [1.29, 1.82) is 0 Å². The summed E-state index contributed by atoms with van der Waals surface area (Å²) in [6, 6.07) is 5.83. The van der Waals surface area contributed by atoms with Crippen molar-refractivity contribution in [3.05, 3.63) is 35.0 Å². The number of methoxy groups -OCH3 is 1. The molecule has 0 bridgehead atoms. The Balaban J connectivity index is 2.37. The maximum absolute atomic E-state index is 10.7. The Morgan fingerprint density at radius 3 is 2.75 bits per heavy atom. The van der Waals surface area contributed by atoms with Crippen LogP contribution in [0.3, 0.4) is 0 Å². The van der Waals surface area contributed by atoms with E-state index < -0.39 is 5.97 Å². The number of ether oxygens (including phenoxy) is 1. The smallest absolute Gasteiger partial charge is 0.303 e. The number of rotatable bonds is 5. The van der Waals surface area contributed by atoms with Gasteiger partial charge in [0.05, 0.1) is 12.8 Å². The Hall–Kier alpha value is -2.30. The predicted octanol–water partition coefficient (Wildman–Crippen LogP) is 2.72. The Bertz CT molecular complexity index is 632. The van der Waals surface area contributed by atoms with Crippen LogP contribution < -0.4 is 4.74 Å². The first-order valence-electron chi connectivity index (χ1n) is 6.43. The Labute approximate surface area is 117 Å². The third kappa shape index (κ3) is 2.82. The molecule has 20 heavy (non-hydrogen) atoms. The molecule has 0 aliphatic carbocycles. The summed E-state index contributed by atoms with van der Waals surface area (Å²) in [4.78, 5) is 10.7. The highest BCUT2D eigenvalue weighted by atomic mass is 16.5. The standard InChI is InChI=1S/C15H18N2O3/c1-9-8-11(4-6-13(9)20-3)15-12(5-7-14(18)19)10(2)16-17-15/h4,6,8H,5,7H2,1-3H3,(H,16,17)(H,18,19). The number of benzene rings is 1. The molecule has 2 rings (SSSR count). The lowest BCUT2D eigenvalue weighted by Gasteiger charge is -2.07. The molecule has 5 nitrogen and oxygen atoms in total. The zero-order valence-corrected chi connectivity index (χ0v) is 11.9. The number of carboxylic acid groups (broad SMARTS) is 1. The second-order valence-electron chi connectivity index (χ2n) is 4.75. The van der Waals surface area contributed by atoms with Crippen LogP contribution in [0.25, 0.3) is 11.3 Å². The van der Waals surface area contributed by atoms with Gasteiger partial charge in [0.1, 0.15) is 5.75 Å². The summed E-state index contributed by atoms with van der Waals surface area (Å²) in [6.45, 7) is 3.88. The minimum absolute atomic E-state index is 0.0997. The molecule has 0 fully saturated rings. The lowest BCUT2D eigenvalue weighted by molar-refractivity contribution is -0.136. The normalized spacial score (nSPS) is 10.6. The van der Waals surface area contributed by atoms with Crippen molar-refractivity contribution in [1.82, 2.24) is 10.2 Å². The first kappa shape index (κ1) is 14.1. The van der Waals surface area contributed by atoms with Crippen LogP contribution in [0.4, 0.5) is 0 Å². The molecule has 0 spiro atoms. The number of hydrogen-bond acceptors (Lipinski definition) is 3. The highest BCUT2D eigenvalue weighted by Gasteiger charge is 2.14. The van der Waals surface area contributed by atoms with E-state index in [4.69, 9.17) is 9.84 Å². The number of aromatic nitrogens is 2. The van der Waals surface area contributed by atoms with Crippen LogP contribution in [0, 0.1) is 13.8 Å². The van der Waals surface area contributed by atoms with Crippen LogP contribution in [0.2, 0.25) is 0 Å². The van der Waals surface area contributed by atoms with Gasteiger partial charge in [-0.25, -0.2) is 0 Å². The van der Waals surface area contributed by atoms with E-state index in [9.17, 15) is 4.79 Å². The van der Waals surface area contributed by atoms with E-state index >= 15 is 0 Å². The largest absolute Gasteiger partial charge is 0.496 e. The molecule has 0 unspecified atom stereocenters. The molecule has 2 N–H and O–H groups in total. The molecule has 2 aromatic rings. The van der Waals surface area contributed by atoms with Crippen LogP contribution in [-0.4, -0.2) is 28.4 Å². The number of hydrogen-bond donors (Lipinski definition) is 2. The fraction of sp³-hybridized carbons (Fsp3) is 0.333. The van der Waals surface area contributed by atoms with Crippen LogP contribution in [-0.2, 0) is 11.2 Å². The van der Waals surface area contributed by atoms with Gasteiger partial charge in [0.2, 0.25) is 0 Å². The van der Waals surface area contributed by atoms with Crippen LogP contribution in [0.5, 0.6) is 5.75 Å². The van der Waals surface area contributed by atoms with E-state index in [1.807, 2.05) is 32.0 Å². The molecule has 1 aromatic carbocycles. The molecular weight excluding hydrogens is 256 g/mol. The number of carboxylic acids is 1. The van der Waals surface area contributed by atoms with E-state index in [1.165, 1.54) is 0 Å². The highest BCUT2D eigenvalue weighted by Crippen LogP contribution is 2.28. The van der Waals surface area contributed by atoms with Crippen molar-refractivity contribution < 1.29 is 14.6 Å². The molecule has 0 saturated heterocycles. The van der Waals surface area contributed by atoms with Crippen molar-refractivity contribution in [2.45, 2.75) is 26.7 Å². The Morgan fingerprint density at radius 1 is 1.40 bits per heavy atom. The number of aryl methyl sites for hydroxylation is 2. The molecule has 0 aliphatic heterocycles. The van der Waals surface area contributed by atoms with Gasteiger partial charge in [-0.3, -0.25) is 9.89 Å². The van der Waals surface area contributed by atoms with Crippen molar-refractivity contribution in [3.8, 4) is 17.0 Å². The van der Waals surface area contributed by atoms with Crippen molar-refractivity contribution in [2.75, 3.05) is 7.11 Å². The summed E-state index contributed by atoms with van der Waals surface area (Å²) in [5, 5.41) is 16.1. The number of nitrogens with one attached hydrogen (secondary N) is 1. The molecule has 0 amide bonds. The van der Waals surface area contributed by atoms with Gasteiger partial charge >= 0.3 is 5.97 Å². The zero-order valence-electron chi connectivity index (χ0n) is 11.9. The minimum Gasteiger partial charge on any atom is -0.496 e. The number of nitrogens with zero attached hydrogens (tertiary/aromatic N) is 1. The molecule has 5 heteroatoms. The molecule has 0 radical (unpaired) electrons. The van der Waals surface area contributed by atoms with Crippen molar-refractivity contribution in [2.24, 2.45) is 0 Å². The summed E-state index contributed by atoms with van der Waals surface area (Å²) in [5.41, 5.74) is 4.67. The third-order valence-electron chi connectivity index (χ3n) is 3.33. The number of H-pyrrole nitrogens is 1. The minimum atomic E-state index is -0.803. The molecule has 106 valence electrons. The number of aromatic amines is 1. The van der Waals surface area contributed by atoms with Gasteiger partial charge in [-0.15, -0.1) is 0 Å². The van der Waals surface area contributed by atoms with Crippen molar-refractivity contribution >= 4 is 5.97 Å². The summed E-state index contributed by atoms with van der Waals surface area (Å²) in [5.74, 6) is 0.0237. The lowest BCUT2D eigenvalue weighted by Crippen LogP contribution is -1.99. The topological polar surface area (TPSA) is 75.2 Å². The van der Waals surface area contributed by atoms with Crippen molar-refractivity contribution in [3.63, 3.8) is 0 Å². The maximum atomic E-state index is 10.7.